The fourth-order valence-corrected chi connectivity index (χ4v) is 5.27. The number of ether oxygens (including phenoxy) is 1. The molecule has 0 fully saturated rings. The highest BCUT2D eigenvalue weighted by Gasteiger charge is 2.30. The second-order valence-electron chi connectivity index (χ2n) is 10.3. The van der Waals surface area contributed by atoms with Crippen molar-refractivity contribution in [2.45, 2.75) is 63.3 Å². The fraction of sp³-hybridized carbons (Fsp3) is 0.364. The molecule has 0 unspecified atom stereocenters. The average Bonchev–Trinajstić information content (AvgIpc) is 3.29. The number of carboxylic acids is 1. The normalized spacial score (nSPS) is 12.7. The first kappa shape index (κ1) is 28.9. The number of carbonyl (C=O) groups is 3. The molecule has 1 aliphatic carbocycles. The number of aryl methyl sites for hydroxylation is 1. The molecule has 3 aromatic rings. The first-order chi connectivity index (χ1) is 19.5. The Hall–Kier alpha value is -4.13. The number of amides is 2. The summed E-state index contributed by atoms with van der Waals surface area (Å²) in [4.78, 5) is 36.5. The van der Waals surface area contributed by atoms with Gasteiger partial charge in [0.2, 0.25) is 5.91 Å². The molecular weight excluding hydrogens is 504 g/mol. The average molecular weight is 543 g/mol. The number of aliphatic carboxylic acids is 1. The van der Waals surface area contributed by atoms with Crippen molar-refractivity contribution >= 4 is 18.0 Å². The van der Waals surface area contributed by atoms with Crippen LogP contribution in [0.3, 0.4) is 0 Å². The zero-order valence-electron chi connectivity index (χ0n) is 22.8. The molecule has 0 heterocycles. The summed E-state index contributed by atoms with van der Waals surface area (Å²) in [6.45, 7) is 0.560. The van der Waals surface area contributed by atoms with Crippen LogP contribution in [0.1, 0.15) is 67.6 Å². The second-order valence-corrected chi connectivity index (χ2v) is 10.3. The molecule has 0 aromatic heterocycles. The van der Waals surface area contributed by atoms with Gasteiger partial charge in [0.05, 0.1) is 6.42 Å². The number of hydrogen-bond acceptors (Lipinski definition) is 4. The van der Waals surface area contributed by atoms with E-state index in [0.717, 1.165) is 54.4 Å². The largest absolute Gasteiger partial charge is 0.480 e. The molecule has 0 saturated heterocycles. The molecule has 1 atom stereocenters. The number of benzene rings is 3. The lowest BCUT2D eigenvalue weighted by Crippen LogP contribution is -2.44. The van der Waals surface area contributed by atoms with Gasteiger partial charge >= 0.3 is 12.1 Å². The van der Waals surface area contributed by atoms with Gasteiger partial charge in [-0.3, -0.25) is 4.79 Å². The van der Waals surface area contributed by atoms with Crippen LogP contribution in [0.5, 0.6) is 0 Å². The van der Waals surface area contributed by atoms with Gasteiger partial charge in [0.1, 0.15) is 12.6 Å². The van der Waals surface area contributed by atoms with Crippen LogP contribution >= 0.6 is 0 Å². The number of rotatable bonds is 15. The molecule has 0 spiro atoms. The Morgan fingerprint density at radius 3 is 1.98 bits per heavy atom. The number of fused-ring (bicyclic) bond motifs is 3. The van der Waals surface area contributed by atoms with E-state index in [9.17, 15) is 19.5 Å². The van der Waals surface area contributed by atoms with Crippen LogP contribution in [-0.2, 0) is 20.7 Å². The first-order valence-corrected chi connectivity index (χ1v) is 14.2. The van der Waals surface area contributed by atoms with Crippen molar-refractivity contribution in [2.24, 2.45) is 0 Å². The molecule has 0 saturated carbocycles. The molecule has 2 amide bonds. The van der Waals surface area contributed by atoms with E-state index in [2.05, 4.69) is 34.9 Å². The van der Waals surface area contributed by atoms with Gasteiger partial charge in [-0.1, -0.05) is 105 Å². The number of unbranched alkanes of at least 4 members (excludes halogenated alkanes) is 5. The van der Waals surface area contributed by atoms with Gasteiger partial charge in [-0.2, -0.15) is 0 Å². The van der Waals surface area contributed by atoms with Crippen molar-refractivity contribution in [1.82, 2.24) is 10.6 Å². The van der Waals surface area contributed by atoms with Gasteiger partial charge < -0.3 is 20.5 Å². The minimum Gasteiger partial charge on any atom is -0.480 e. The summed E-state index contributed by atoms with van der Waals surface area (Å²) in [5.74, 6) is -1.82. The van der Waals surface area contributed by atoms with Crippen molar-refractivity contribution in [3.63, 3.8) is 0 Å². The Morgan fingerprint density at radius 1 is 0.750 bits per heavy atom. The van der Waals surface area contributed by atoms with E-state index in [-0.39, 0.29) is 18.9 Å². The van der Waals surface area contributed by atoms with Crippen molar-refractivity contribution in [1.29, 1.82) is 0 Å². The Balaban J connectivity index is 1.12. The predicted molar refractivity (Wildman–Crippen MR) is 155 cm³/mol. The molecule has 210 valence electrons. The second kappa shape index (κ2) is 14.9. The van der Waals surface area contributed by atoms with E-state index in [0.29, 0.717) is 6.54 Å². The summed E-state index contributed by atoms with van der Waals surface area (Å²) in [6, 6.07) is 25.1. The molecule has 0 bridgehead atoms. The van der Waals surface area contributed by atoms with Gasteiger partial charge in [0, 0.05) is 12.5 Å². The number of hydrogen-bond donors (Lipinski definition) is 3. The van der Waals surface area contributed by atoms with Crippen LogP contribution in [0.15, 0.2) is 78.9 Å². The van der Waals surface area contributed by atoms with E-state index < -0.39 is 24.0 Å². The monoisotopic (exact) mass is 542 g/mol. The van der Waals surface area contributed by atoms with Crippen LogP contribution in [0.25, 0.3) is 11.1 Å². The Morgan fingerprint density at radius 2 is 1.32 bits per heavy atom. The third kappa shape index (κ3) is 8.18. The number of carbonyl (C=O) groups excluding carboxylic acids is 2. The smallest absolute Gasteiger partial charge is 0.407 e. The van der Waals surface area contributed by atoms with Gasteiger partial charge in [0.15, 0.2) is 0 Å². The highest BCUT2D eigenvalue weighted by molar-refractivity contribution is 5.87. The predicted octanol–water partition coefficient (Wildman–Crippen LogP) is 6.07. The molecule has 0 aliphatic heterocycles. The Bertz CT molecular complexity index is 1230. The van der Waals surface area contributed by atoms with Gasteiger partial charge in [-0.25, -0.2) is 9.59 Å². The third-order valence-electron chi connectivity index (χ3n) is 7.38. The number of nitrogens with one attached hydrogen (secondary N) is 2. The minimum atomic E-state index is -1.36. The van der Waals surface area contributed by atoms with Crippen molar-refractivity contribution < 1.29 is 24.2 Å². The van der Waals surface area contributed by atoms with Crippen molar-refractivity contribution in [2.75, 3.05) is 13.2 Å². The summed E-state index contributed by atoms with van der Waals surface area (Å²) < 4.78 is 5.44. The highest BCUT2D eigenvalue weighted by Crippen LogP contribution is 2.44. The zero-order valence-corrected chi connectivity index (χ0v) is 22.8. The Labute approximate surface area is 236 Å². The molecule has 1 aliphatic rings. The quantitative estimate of drug-likeness (QED) is 0.202. The maximum absolute atomic E-state index is 12.5. The molecule has 0 radical (unpaired) electrons. The third-order valence-corrected chi connectivity index (χ3v) is 7.38. The molecule has 4 rings (SSSR count). The van der Waals surface area contributed by atoms with E-state index in [4.69, 9.17) is 4.74 Å². The number of carboxylic acid groups (broad SMARTS) is 1. The summed E-state index contributed by atoms with van der Waals surface area (Å²) in [5.41, 5.74) is 5.72. The lowest BCUT2D eigenvalue weighted by atomic mass is 9.98. The topological polar surface area (TPSA) is 105 Å². The van der Waals surface area contributed by atoms with Crippen LogP contribution in [0.2, 0.25) is 0 Å². The van der Waals surface area contributed by atoms with Gasteiger partial charge in [0.25, 0.3) is 0 Å². The molecule has 7 nitrogen and oxygen atoms in total. The van der Waals surface area contributed by atoms with Gasteiger partial charge in [-0.15, -0.1) is 0 Å². The summed E-state index contributed by atoms with van der Waals surface area (Å²) >= 11 is 0. The van der Waals surface area contributed by atoms with E-state index >= 15 is 0 Å². The van der Waals surface area contributed by atoms with Crippen LogP contribution in [0.4, 0.5) is 4.79 Å². The molecular formula is C33H38N2O5. The maximum Gasteiger partial charge on any atom is 0.407 e. The van der Waals surface area contributed by atoms with Crippen LogP contribution in [-0.4, -0.2) is 42.3 Å². The lowest BCUT2D eigenvalue weighted by Gasteiger charge is -2.17. The standard InChI is InChI=1S/C33H38N2O5/c36-31(34-21-13-4-2-1-3-6-14-24-15-7-5-8-16-24)22-30(32(37)38)35-33(39)40-23-29-27-19-11-9-17-25(27)26-18-10-12-20-28(26)29/h5,7-12,15-20,29-30H,1-4,6,13-14,21-23H2,(H,34,36)(H,35,39)(H,37,38)/t30-/m0/s1. The molecule has 40 heavy (non-hydrogen) atoms. The van der Waals surface area contributed by atoms with E-state index in [1.165, 1.54) is 18.4 Å². The zero-order chi connectivity index (χ0) is 28.2. The van der Waals surface area contributed by atoms with Crippen molar-refractivity contribution in [3.8, 4) is 11.1 Å². The molecule has 3 N–H and O–H groups in total. The summed E-state index contributed by atoms with van der Waals surface area (Å²) in [6.07, 6.45) is 6.36. The van der Waals surface area contributed by atoms with Crippen molar-refractivity contribution in [3.05, 3.63) is 95.6 Å². The minimum absolute atomic E-state index is 0.0741. The van der Waals surface area contributed by atoms with Crippen LogP contribution < -0.4 is 10.6 Å². The lowest BCUT2D eigenvalue weighted by molar-refractivity contribution is -0.141. The number of alkyl carbamates (subject to hydrolysis) is 1. The van der Waals surface area contributed by atoms with Gasteiger partial charge in [-0.05, 0) is 47.1 Å². The summed E-state index contributed by atoms with van der Waals surface area (Å²) in [7, 11) is 0. The van der Waals surface area contributed by atoms with Crippen LogP contribution in [0, 0.1) is 0 Å². The Kier molecular flexibility index (Phi) is 10.7. The molecule has 7 heteroatoms. The molecule has 3 aromatic carbocycles. The van der Waals surface area contributed by atoms with E-state index in [1.54, 1.807) is 0 Å². The van der Waals surface area contributed by atoms with E-state index in [1.807, 2.05) is 54.6 Å². The fourth-order valence-electron chi connectivity index (χ4n) is 5.27. The maximum atomic E-state index is 12.5. The summed E-state index contributed by atoms with van der Waals surface area (Å²) in [5, 5.41) is 14.7. The highest BCUT2D eigenvalue weighted by atomic mass is 16.5. The SMILES string of the molecule is O=C(C[C@H](NC(=O)OCC1c2ccccc2-c2ccccc21)C(=O)O)NCCCCCCCCc1ccccc1. The first-order valence-electron chi connectivity index (χ1n) is 14.2.